The third-order valence-corrected chi connectivity index (χ3v) is 9.15. The lowest BCUT2D eigenvalue weighted by atomic mass is 9.98. The van der Waals surface area contributed by atoms with Crippen LogP contribution in [0.2, 0.25) is 0 Å². The molecule has 10 heteroatoms. The number of rotatable bonds is 12. The van der Waals surface area contributed by atoms with Crippen molar-refractivity contribution in [2.24, 2.45) is 4.99 Å². The summed E-state index contributed by atoms with van der Waals surface area (Å²) >= 11 is 0. The third-order valence-electron chi connectivity index (χ3n) is 9.15. The molecule has 0 unspecified atom stereocenters. The zero-order valence-electron chi connectivity index (χ0n) is 27.6. The Morgan fingerprint density at radius 1 is 0.822 bits per heavy atom. The van der Waals surface area contributed by atoms with E-state index in [0.29, 0.717) is 43.4 Å². The summed E-state index contributed by atoms with van der Waals surface area (Å²) in [5.74, 6) is -0.854. The second-order valence-corrected chi connectivity index (χ2v) is 11.6. The van der Waals surface area contributed by atoms with Gasteiger partial charge in [-0.05, 0) is 98.9 Å². The molecule has 240 valence electrons. The van der Waals surface area contributed by atoms with Crippen molar-refractivity contribution in [1.29, 1.82) is 0 Å². The number of nitrogens with one attached hydrogen (secondary N) is 3. The minimum absolute atomic E-state index is 0.0207. The van der Waals surface area contributed by atoms with Crippen molar-refractivity contribution in [3.63, 3.8) is 0 Å². The van der Waals surface area contributed by atoms with Gasteiger partial charge in [0.25, 0.3) is 5.91 Å². The predicted octanol–water partition coefficient (Wildman–Crippen LogP) is 3.26. The highest BCUT2D eigenvalue weighted by molar-refractivity contribution is 6.30. The van der Waals surface area contributed by atoms with E-state index in [0.717, 1.165) is 61.1 Å². The van der Waals surface area contributed by atoms with Crippen LogP contribution in [0.1, 0.15) is 87.0 Å². The molecule has 1 atom stereocenters. The van der Waals surface area contributed by atoms with Crippen molar-refractivity contribution < 1.29 is 28.7 Å². The molecule has 10 nitrogen and oxygen atoms in total. The summed E-state index contributed by atoms with van der Waals surface area (Å²) in [6.07, 6.45) is 7.18. The van der Waals surface area contributed by atoms with E-state index in [2.05, 4.69) is 20.3 Å². The first-order chi connectivity index (χ1) is 21.4. The molecule has 0 fully saturated rings. The van der Waals surface area contributed by atoms with Crippen molar-refractivity contribution in [3.8, 4) is 0 Å². The number of carbonyl (C=O) groups excluding carboxylic acids is 4. The van der Waals surface area contributed by atoms with Crippen LogP contribution in [0, 0.1) is 13.8 Å². The van der Waals surface area contributed by atoms with E-state index in [4.69, 9.17) is 9.47 Å². The number of hydrogen-bond acceptors (Lipinski definition) is 6. The van der Waals surface area contributed by atoms with Crippen LogP contribution >= 0.6 is 0 Å². The first-order valence-electron chi connectivity index (χ1n) is 15.5. The monoisotopic (exact) mass is 616 g/mol. The Hall–Kier alpha value is -4.47. The van der Waals surface area contributed by atoms with Crippen LogP contribution in [-0.2, 0) is 47.9 Å². The number of aromatic amines is 2. The molecule has 0 saturated heterocycles. The van der Waals surface area contributed by atoms with Gasteiger partial charge in [0.15, 0.2) is 0 Å². The molecule has 0 saturated carbocycles. The average molecular weight is 617 g/mol. The van der Waals surface area contributed by atoms with Gasteiger partial charge in [0.1, 0.15) is 0 Å². The second kappa shape index (κ2) is 14.1. The van der Waals surface area contributed by atoms with Gasteiger partial charge in [0, 0.05) is 52.5 Å². The van der Waals surface area contributed by atoms with Gasteiger partial charge in [-0.15, -0.1) is 0 Å². The van der Waals surface area contributed by atoms with Gasteiger partial charge >= 0.3 is 11.9 Å². The molecular weight excluding hydrogens is 572 g/mol. The molecule has 3 N–H and O–H groups in total. The van der Waals surface area contributed by atoms with Crippen LogP contribution < -0.4 is 16.0 Å². The van der Waals surface area contributed by atoms with E-state index in [9.17, 15) is 19.2 Å². The number of aliphatic imine (C=N–C) groups is 1. The Kier molecular flexibility index (Phi) is 10.5. The number of methoxy groups -OCH3 is 2. The van der Waals surface area contributed by atoms with Crippen LogP contribution in [0.15, 0.2) is 27.3 Å². The van der Waals surface area contributed by atoms with Crippen LogP contribution in [-0.4, -0.2) is 59.7 Å². The summed E-state index contributed by atoms with van der Waals surface area (Å²) in [5, 5.41) is 4.71. The topological polar surface area (TPSA) is 143 Å². The highest BCUT2D eigenvalue weighted by Gasteiger charge is 2.29. The Morgan fingerprint density at radius 3 is 2.02 bits per heavy atom. The van der Waals surface area contributed by atoms with Gasteiger partial charge in [-0.2, -0.15) is 0 Å². The number of nitrogens with zero attached hydrogens (tertiary/aromatic N) is 1. The van der Waals surface area contributed by atoms with Gasteiger partial charge in [-0.25, -0.2) is 4.99 Å². The molecule has 2 aromatic rings. The fourth-order valence-electron chi connectivity index (χ4n) is 6.31. The Bertz CT molecular complexity index is 1760. The maximum absolute atomic E-state index is 12.5. The Morgan fingerprint density at radius 2 is 1.44 bits per heavy atom. The molecular formula is C35H44N4O6. The van der Waals surface area contributed by atoms with Crippen LogP contribution in [0.25, 0.3) is 12.2 Å². The normalized spacial score (nSPS) is 17.5. The number of allylic oxidation sites excluding steroid dienone is 1. The summed E-state index contributed by atoms with van der Waals surface area (Å²) in [7, 11) is 2.75. The highest BCUT2D eigenvalue weighted by atomic mass is 16.5. The van der Waals surface area contributed by atoms with Gasteiger partial charge in [-0.3, -0.25) is 19.2 Å². The van der Waals surface area contributed by atoms with E-state index in [1.807, 2.05) is 46.8 Å². The summed E-state index contributed by atoms with van der Waals surface area (Å²) in [6.45, 7) is 11.8. The summed E-state index contributed by atoms with van der Waals surface area (Å²) in [4.78, 5) is 60.6. The SMILES string of the molecule is CCC1=C(C)C(=O)N=C1/C=c1\[nH]/c(=C\c2[nH]c(C[C@H]3NC(=O)C(CC)=C3C)c(C)c2CCC(=O)OC)c(CCC(=O)OC)c1C. The van der Waals surface area contributed by atoms with Gasteiger partial charge in [-0.1, -0.05) is 13.8 Å². The number of H-pyrrole nitrogens is 2. The highest BCUT2D eigenvalue weighted by Crippen LogP contribution is 2.27. The van der Waals surface area contributed by atoms with E-state index >= 15 is 0 Å². The molecule has 0 spiro atoms. The minimum Gasteiger partial charge on any atom is -0.469 e. The molecule has 2 aromatic heterocycles. The molecule has 0 aromatic carbocycles. The second-order valence-electron chi connectivity index (χ2n) is 11.6. The van der Waals surface area contributed by atoms with E-state index < -0.39 is 0 Å². The molecule has 2 aliphatic rings. The summed E-state index contributed by atoms with van der Waals surface area (Å²) < 4.78 is 9.85. The smallest absolute Gasteiger partial charge is 0.305 e. The first kappa shape index (κ1) is 33.4. The Balaban J connectivity index is 1.86. The van der Waals surface area contributed by atoms with Crippen molar-refractivity contribution in [2.45, 2.75) is 92.5 Å². The predicted molar refractivity (Wildman–Crippen MR) is 173 cm³/mol. The standard InChI is InChI=1S/C35H44N4O6/c1-9-22-21(6)34(42)39-29(22)16-27-20(5)25(12-14-33(41)45-8)31(37-27)17-30-24(11-13-32(40)44-7)19(4)26(36-30)15-28-18(3)23(10-2)35(43)38-28/h16-17,28,36-37H,9-15H2,1-8H3,(H,38,43)/b27-16-,31-17-/t28-/m1/s1. The average Bonchev–Trinajstić information content (AvgIpc) is 3.66. The fourth-order valence-corrected chi connectivity index (χ4v) is 6.31. The van der Waals surface area contributed by atoms with Crippen LogP contribution in [0.3, 0.4) is 0 Å². The molecule has 4 heterocycles. The van der Waals surface area contributed by atoms with Crippen LogP contribution in [0.5, 0.6) is 0 Å². The van der Waals surface area contributed by atoms with E-state index in [1.54, 1.807) is 6.92 Å². The first-order valence-corrected chi connectivity index (χ1v) is 15.5. The van der Waals surface area contributed by atoms with E-state index in [1.165, 1.54) is 14.2 Å². The fraction of sp³-hybridized carbons (Fsp3) is 0.457. The molecule has 0 aliphatic carbocycles. The van der Waals surface area contributed by atoms with E-state index in [-0.39, 0.29) is 42.6 Å². The largest absolute Gasteiger partial charge is 0.469 e. The quantitative estimate of drug-likeness (QED) is 0.313. The van der Waals surface area contributed by atoms with Crippen molar-refractivity contribution >= 4 is 41.6 Å². The van der Waals surface area contributed by atoms with Gasteiger partial charge < -0.3 is 24.8 Å². The Labute approximate surface area is 263 Å². The molecule has 45 heavy (non-hydrogen) atoms. The molecule has 2 aliphatic heterocycles. The number of carbonyl (C=O) groups is 4. The number of hydrogen-bond donors (Lipinski definition) is 3. The van der Waals surface area contributed by atoms with Crippen LogP contribution in [0.4, 0.5) is 0 Å². The lowest BCUT2D eigenvalue weighted by Gasteiger charge is -2.12. The van der Waals surface area contributed by atoms with Crippen molar-refractivity contribution in [3.05, 3.63) is 66.6 Å². The molecule has 0 bridgehead atoms. The zero-order valence-corrected chi connectivity index (χ0v) is 27.6. The van der Waals surface area contributed by atoms with Gasteiger partial charge in [0.05, 0.1) is 26.0 Å². The lowest BCUT2D eigenvalue weighted by Crippen LogP contribution is -2.30. The minimum atomic E-state index is -0.310. The zero-order chi connectivity index (χ0) is 33.0. The maximum Gasteiger partial charge on any atom is 0.305 e. The molecule has 4 rings (SSSR count). The van der Waals surface area contributed by atoms with Gasteiger partial charge in [0.2, 0.25) is 5.91 Å². The summed E-state index contributed by atoms with van der Waals surface area (Å²) in [6, 6.07) is -0.116. The number of amides is 2. The summed E-state index contributed by atoms with van der Waals surface area (Å²) in [5.41, 5.74) is 9.78. The van der Waals surface area contributed by atoms with Crippen molar-refractivity contribution in [1.82, 2.24) is 15.3 Å². The van der Waals surface area contributed by atoms with Crippen molar-refractivity contribution in [2.75, 3.05) is 14.2 Å². The number of aromatic nitrogens is 2. The number of esters is 2. The lowest BCUT2D eigenvalue weighted by molar-refractivity contribution is -0.141. The molecule has 0 radical (unpaired) electrons. The number of ether oxygens (including phenoxy) is 2. The maximum atomic E-state index is 12.5. The third kappa shape index (κ3) is 6.95. The molecule has 2 amide bonds.